The summed E-state index contributed by atoms with van der Waals surface area (Å²) in [6.07, 6.45) is 1.12. The van der Waals surface area contributed by atoms with Crippen LogP contribution in [0.5, 0.6) is 0 Å². The van der Waals surface area contributed by atoms with Gasteiger partial charge in [-0.1, -0.05) is 25.5 Å². The molecule has 1 aromatic carbocycles. The SMILES string of the molecule is CCC[C@@]1(Cc2ccc(C(=O)O)cc2)C(=O)N=C(N)NC1=O. The number of carboxylic acid groups (broad SMARTS) is 1. The third-order valence-corrected chi connectivity index (χ3v) is 3.69. The molecule has 1 heterocycles. The van der Waals surface area contributed by atoms with Gasteiger partial charge in [0.15, 0.2) is 0 Å². The highest BCUT2D eigenvalue weighted by Crippen LogP contribution is 2.32. The van der Waals surface area contributed by atoms with Crippen molar-refractivity contribution in [2.24, 2.45) is 16.1 Å². The number of aromatic carboxylic acids is 1. The highest BCUT2D eigenvalue weighted by atomic mass is 16.4. The van der Waals surface area contributed by atoms with E-state index in [1.807, 2.05) is 6.92 Å². The minimum Gasteiger partial charge on any atom is -0.478 e. The second-order valence-corrected chi connectivity index (χ2v) is 5.27. The molecule has 0 spiro atoms. The Balaban J connectivity index is 2.34. The van der Waals surface area contributed by atoms with Gasteiger partial charge in [-0.05, 0) is 30.5 Å². The molecule has 22 heavy (non-hydrogen) atoms. The van der Waals surface area contributed by atoms with Crippen molar-refractivity contribution in [3.05, 3.63) is 35.4 Å². The maximum absolute atomic E-state index is 12.3. The minimum atomic E-state index is -1.29. The van der Waals surface area contributed by atoms with Crippen molar-refractivity contribution >= 4 is 23.7 Å². The van der Waals surface area contributed by atoms with Crippen LogP contribution in [0.15, 0.2) is 29.3 Å². The maximum Gasteiger partial charge on any atom is 0.335 e. The van der Waals surface area contributed by atoms with Gasteiger partial charge in [0.05, 0.1) is 5.56 Å². The van der Waals surface area contributed by atoms with Crippen LogP contribution in [0.2, 0.25) is 0 Å². The molecule has 1 aromatic rings. The Morgan fingerprint density at radius 3 is 2.45 bits per heavy atom. The van der Waals surface area contributed by atoms with E-state index in [4.69, 9.17) is 10.8 Å². The summed E-state index contributed by atoms with van der Waals surface area (Å²) in [7, 11) is 0. The fourth-order valence-electron chi connectivity index (χ4n) is 2.58. The lowest BCUT2D eigenvalue weighted by Gasteiger charge is -2.31. The average molecular weight is 303 g/mol. The Morgan fingerprint density at radius 2 is 1.95 bits per heavy atom. The molecule has 116 valence electrons. The monoisotopic (exact) mass is 303 g/mol. The molecule has 0 aliphatic carbocycles. The molecule has 7 heteroatoms. The van der Waals surface area contributed by atoms with E-state index in [1.54, 1.807) is 12.1 Å². The van der Waals surface area contributed by atoms with Crippen molar-refractivity contribution in [2.75, 3.05) is 0 Å². The fraction of sp³-hybridized carbons (Fsp3) is 0.333. The number of nitrogens with zero attached hydrogens (tertiary/aromatic N) is 1. The minimum absolute atomic E-state index is 0.148. The standard InChI is InChI=1S/C15H17N3O4/c1-2-7-15(12(21)17-14(16)18-13(15)22)8-9-3-5-10(6-4-9)11(19)20/h3-6H,2,7-8H2,1H3,(H,19,20)(H3,16,17,18,21,22). The van der Waals surface area contributed by atoms with Crippen molar-refractivity contribution in [2.45, 2.75) is 26.2 Å². The van der Waals surface area contributed by atoms with Crippen LogP contribution in [0.25, 0.3) is 0 Å². The first-order valence-electron chi connectivity index (χ1n) is 6.91. The van der Waals surface area contributed by atoms with E-state index in [1.165, 1.54) is 12.1 Å². The molecular weight excluding hydrogens is 286 g/mol. The summed E-state index contributed by atoms with van der Waals surface area (Å²) in [6, 6.07) is 6.09. The Bertz CT molecular complexity index is 651. The van der Waals surface area contributed by atoms with Crippen LogP contribution in [0.4, 0.5) is 0 Å². The lowest BCUT2D eigenvalue weighted by Crippen LogP contribution is -2.55. The number of aliphatic imine (C=N–C) groups is 1. The topological polar surface area (TPSA) is 122 Å². The van der Waals surface area contributed by atoms with Crippen LogP contribution in [-0.2, 0) is 16.0 Å². The summed E-state index contributed by atoms with van der Waals surface area (Å²) < 4.78 is 0. The van der Waals surface area contributed by atoms with E-state index in [9.17, 15) is 14.4 Å². The lowest BCUT2D eigenvalue weighted by molar-refractivity contribution is -0.142. The van der Waals surface area contributed by atoms with E-state index in [2.05, 4.69) is 10.3 Å². The van der Waals surface area contributed by atoms with Gasteiger partial charge in [0.1, 0.15) is 5.41 Å². The number of hydrogen-bond donors (Lipinski definition) is 3. The van der Waals surface area contributed by atoms with Gasteiger partial charge in [0, 0.05) is 0 Å². The smallest absolute Gasteiger partial charge is 0.335 e. The van der Waals surface area contributed by atoms with Crippen molar-refractivity contribution in [1.82, 2.24) is 5.32 Å². The van der Waals surface area contributed by atoms with E-state index in [-0.39, 0.29) is 17.9 Å². The second kappa shape index (κ2) is 5.97. The van der Waals surface area contributed by atoms with Crippen LogP contribution in [-0.4, -0.2) is 28.8 Å². The first-order valence-corrected chi connectivity index (χ1v) is 6.91. The molecule has 4 N–H and O–H groups in total. The van der Waals surface area contributed by atoms with Gasteiger partial charge in [-0.25, -0.2) is 4.79 Å². The quantitative estimate of drug-likeness (QED) is 0.691. The predicted molar refractivity (Wildman–Crippen MR) is 79.2 cm³/mol. The van der Waals surface area contributed by atoms with E-state index < -0.39 is 23.2 Å². The number of carbonyl (C=O) groups is 3. The van der Waals surface area contributed by atoms with E-state index in [0.29, 0.717) is 18.4 Å². The number of carboxylic acids is 1. The molecule has 1 aliphatic heterocycles. The third kappa shape index (κ3) is 2.83. The number of rotatable bonds is 5. The van der Waals surface area contributed by atoms with Gasteiger partial charge < -0.3 is 10.8 Å². The summed E-state index contributed by atoms with van der Waals surface area (Å²) in [5.74, 6) is -2.24. The van der Waals surface area contributed by atoms with Crippen molar-refractivity contribution in [3.8, 4) is 0 Å². The number of guanidine groups is 1. The molecule has 1 atom stereocenters. The summed E-state index contributed by atoms with van der Waals surface area (Å²) in [4.78, 5) is 39.1. The Morgan fingerprint density at radius 1 is 1.32 bits per heavy atom. The first-order chi connectivity index (χ1) is 10.4. The van der Waals surface area contributed by atoms with Gasteiger partial charge >= 0.3 is 5.97 Å². The predicted octanol–water partition coefficient (Wildman–Crippen LogP) is 0.685. The number of nitrogens with two attached hydrogens (primary N) is 1. The van der Waals surface area contributed by atoms with Crippen molar-refractivity contribution in [3.63, 3.8) is 0 Å². The molecule has 0 radical (unpaired) electrons. The largest absolute Gasteiger partial charge is 0.478 e. The van der Waals surface area contributed by atoms with Crippen LogP contribution in [0, 0.1) is 5.41 Å². The summed E-state index contributed by atoms with van der Waals surface area (Å²) >= 11 is 0. The van der Waals surface area contributed by atoms with Gasteiger partial charge in [-0.15, -0.1) is 0 Å². The number of benzene rings is 1. The van der Waals surface area contributed by atoms with Crippen LogP contribution >= 0.6 is 0 Å². The zero-order chi connectivity index (χ0) is 16.3. The van der Waals surface area contributed by atoms with E-state index >= 15 is 0 Å². The Kier molecular flexibility index (Phi) is 4.25. The van der Waals surface area contributed by atoms with Crippen LogP contribution in [0.1, 0.15) is 35.7 Å². The molecule has 0 saturated heterocycles. The molecule has 0 saturated carbocycles. The van der Waals surface area contributed by atoms with Gasteiger partial charge in [-0.2, -0.15) is 4.99 Å². The third-order valence-electron chi connectivity index (χ3n) is 3.69. The second-order valence-electron chi connectivity index (χ2n) is 5.27. The molecule has 0 bridgehead atoms. The van der Waals surface area contributed by atoms with E-state index in [0.717, 1.165) is 0 Å². The highest BCUT2D eigenvalue weighted by molar-refractivity contribution is 6.18. The summed E-state index contributed by atoms with van der Waals surface area (Å²) in [5, 5.41) is 11.3. The fourth-order valence-corrected chi connectivity index (χ4v) is 2.58. The molecule has 0 aromatic heterocycles. The molecule has 2 rings (SSSR count). The van der Waals surface area contributed by atoms with Gasteiger partial charge in [0.2, 0.25) is 11.9 Å². The zero-order valence-corrected chi connectivity index (χ0v) is 12.1. The normalized spacial score (nSPS) is 21.2. The number of hydrogen-bond acceptors (Lipinski definition) is 4. The first kappa shape index (κ1) is 15.7. The van der Waals surface area contributed by atoms with Gasteiger partial charge in [-0.3, -0.25) is 14.9 Å². The number of carbonyl (C=O) groups excluding carboxylic acids is 2. The molecule has 2 amide bonds. The number of amides is 2. The van der Waals surface area contributed by atoms with Crippen LogP contribution in [0.3, 0.4) is 0 Å². The zero-order valence-electron chi connectivity index (χ0n) is 12.1. The summed E-state index contributed by atoms with van der Waals surface area (Å²) in [6.45, 7) is 1.87. The molecule has 0 fully saturated rings. The van der Waals surface area contributed by atoms with Crippen LogP contribution < -0.4 is 11.1 Å². The average Bonchev–Trinajstić information content (AvgIpc) is 2.45. The molecule has 0 unspecified atom stereocenters. The van der Waals surface area contributed by atoms with Crippen molar-refractivity contribution < 1.29 is 19.5 Å². The Labute approximate surface area is 127 Å². The number of nitrogens with one attached hydrogen (secondary N) is 1. The Hall–Kier alpha value is -2.70. The lowest BCUT2D eigenvalue weighted by atomic mass is 9.75. The molecule has 1 aliphatic rings. The van der Waals surface area contributed by atoms with Crippen molar-refractivity contribution in [1.29, 1.82) is 0 Å². The highest BCUT2D eigenvalue weighted by Gasteiger charge is 2.47. The summed E-state index contributed by atoms with van der Waals surface area (Å²) in [5.41, 5.74) is 4.96. The molecular formula is C15H17N3O4. The van der Waals surface area contributed by atoms with Gasteiger partial charge in [0.25, 0.3) is 5.91 Å². The maximum atomic E-state index is 12.3. The molecule has 7 nitrogen and oxygen atoms in total.